The molecule has 1 aliphatic heterocycles. The van der Waals surface area contributed by atoms with E-state index in [2.05, 4.69) is 34.6 Å². The normalized spacial score (nSPS) is 57.4. The Balaban J connectivity index is 1.53. The average Bonchev–Trinajstić information content (AvgIpc) is 3.09. The molecule has 36 heavy (non-hydrogen) atoms. The van der Waals surface area contributed by atoms with Crippen molar-refractivity contribution in [3.05, 3.63) is 11.6 Å². The molecule has 0 spiro atoms. The van der Waals surface area contributed by atoms with Gasteiger partial charge in [-0.25, -0.2) is 0 Å². The largest absolute Gasteiger partial charge is 0.387 e. The molecule has 0 amide bonds. The maximum atomic E-state index is 12.7. The highest BCUT2D eigenvalue weighted by atomic mass is 16.7. The van der Waals surface area contributed by atoms with E-state index >= 15 is 0 Å². The first-order chi connectivity index (χ1) is 16.5. The van der Waals surface area contributed by atoms with Crippen LogP contribution in [0.5, 0.6) is 0 Å². The van der Waals surface area contributed by atoms with E-state index in [4.69, 9.17) is 4.74 Å². The van der Waals surface area contributed by atoms with E-state index in [1.54, 1.807) is 6.92 Å². The first kappa shape index (κ1) is 27.1. The minimum absolute atomic E-state index is 0.0816. The lowest BCUT2D eigenvalue weighted by Gasteiger charge is -2.69. The standard InChI is InChI=1S/C31H52O5/c1-9-19-14-16-27(6)21(26(19,4)5)15-17-28(7)22(27)12-11-20-24-29(8,33)23(13-10-18(2)3)36-31(24,35)25(32)30(20,28)34/h10,19-25,32-35H,9,11-17H2,1-8H3/t19-,20+,21?,22?,23+,24?,25+,27-,28+,29-,30+,31+/m0/s1. The fourth-order valence-electron chi connectivity index (χ4n) is 11.3. The first-order valence-corrected chi connectivity index (χ1v) is 14.7. The van der Waals surface area contributed by atoms with Crippen LogP contribution in [-0.2, 0) is 4.74 Å². The number of hydrogen-bond acceptors (Lipinski definition) is 5. The fraction of sp³-hybridized carbons (Fsp3) is 0.935. The number of ether oxygens (including phenoxy) is 1. The summed E-state index contributed by atoms with van der Waals surface area (Å²) in [6.07, 6.45) is 7.49. The highest BCUT2D eigenvalue weighted by molar-refractivity contribution is 5.29. The summed E-state index contributed by atoms with van der Waals surface area (Å²) in [6.45, 7) is 17.6. The van der Waals surface area contributed by atoms with Crippen molar-refractivity contribution >= 4 is 0 Å². The van der Waals surface area contributed by atoms with Crippen molar-refractivity contribution in [3.8, 4) is 0 Å². The molecule has 0 aromatic heterocycles. The maximum Gasteiger partial charge on any atom is 0.201 e. The lowest BCUT2D eigenvalue weighted by Crippen LogP contribution is -2.70. The fourth-order valence-corrected chi connectivity index (χ4v) is 11.3. The van der Waals surface area contributed by atoms with Crippen LogP contribution in [0.2, 0.25) is 0 Å². The lowest BCUT2D eigenvalue weighted by molar-refractivity contribution is -0.306. The number of aliphatic hydroxyl groups excluding tert-OH is 1. The number of hydrogen-bond donors (Lipinski definition) is 4. The summed E-state index contributed by atoms with van der Waals surface area (Å²) in [4.78, 5) is 0. The average molecular weight is 505 g/mol. The van der Waals surface area contributed by atoms with Crippen molar-refractivity contribution in [2.24, 2.45) is 45.8 Å². The molecular formula is C31H52O5. The van der Waals surface area contributed by atoms with Crippen LogP contribution in [0.15, 0.2) is 11.6 Å². The second kappa shape index (κ2) is 8.03. The second-order valence-corrected chi connectivity index (χ2v) is 15.0. The van der Waals surface area contributed by atoms with Gasteiger partial charge in [0, 0.05) is 11.3 Å². The zero-order valence-corrected chi connectivity index (χ0v) is 24.0. The van der Waals surface area contributed by atoms with E-state index in [0.29, 0.717) is 18.8 Å². The van der Waals surface area contributed by atoms with Crippen LogP contribution in [0, 0.1) is 45.8 Å². The topological polar surface area (TPSA) is 90.2 Å². The Morgan fingerprint density at radius 3 is 2.19 bits per heavy atom. The third-order valence-corrected chi connectivity index (χ3v) is 13.0. The van der Waals surface area contributed by atoms with Crippen LogP contribution in [0.4, 0.5) is 0 Å². The molecule has 206 valence electrons. The molecule has 12 atom stereocenters. The summed E-state index contributed by atoms with van der Waals surface area (Å²) in [5.41, 5.74) is -1.95. The molecule has 0 aromatic rings. The van der Waals surface area contributed by atoms with Gasteiger partial charge in [-0.05, 0) is 94.3 Å². The Morgan fingerprint density at radius 1 is 0.917 bits per heavy atom. The molecular weight excluding hydrogens is 452 g/mol. The Hall–Kier alpha value is -0.460. The van der Waals surface area contributed by atoms with Crippen LogP contribution >= 0.6 is 0 Å². The quantitative estimate of drug-likeness (QED) is 0.397. The van der Waals surface area contributed by atoms with E-state index < -0.39 is 46.4 Å². The van der Waals surface area contributed by atoms with Gasteiger partial charge in [0.05, 0.1) is 17.6 Å². The molecule has 1 saturated heterocycles. The summed E-state index contributed by atoms with van der Waals surface area (Å²) in [5.74, 6) is -1.53. The van der Waals surface area contributed by atoms with Gasteiger partial charge < -0.3 is 25.2 Å². The molecule has 0 aromatic carbocycles. The molecule has 5 heteroatoms. The van der Waals surface area contributed by atoms with Crippen molar-refractivity contribution in [1.82, 2.24) is 0 Å². The molecule has 5 rings (SSSR count). The van der Waals surface area contributed by atoms with Crippen molar-refractivity contribution < 1.29 is 25.2 Å². The SMILES string of the molecule is CC[C@H]1CC[C@@]2(C)C(CC[C@]3(C)C2CC[C@@H]2C4[C@@](C)(O)[C@@H](CC=C(C)C)O[C@@]4(O)[C@H](O)[C@]23O)C1(C)C. The second-order valence-electron chi connectivity index (χ2n) is 15.0. The number of allylic oxidation sites excluding steroid dienone is 1. The van der Waals surface area contributed by atoms with E-state index in [9.17, 15) is 20.4 Å². The summed E-state index contributed by atoms with van der Waals surface area (Å²) in [5, 5.41) is 48.2. The molecule has 4 aliphatic carbocycles. The molecule has 4 N–H and O–H groups in total. The van der Waals surface area contributed by atoms with Gasteiger partial charge in [0.25, 0.3) is 0 Å². The molecule has 1 heterocycles. The van der Waals surface area contributed by atoms with Crippen LogP contribution in [0.25, 0.3) is 0 Å². The Kier molecular flexibility index (Phi) is 6.05. The third-order valence-electron chi connectivity index (χ3n) is 13.0. The van der Waals surface area contributed by atoms with Crippen molar-refractivity contribution in [1.29, 1.82) is 0 Å². The molecule has 0 bridgehead atoms. The monoisotopic (exact) mass is 504 g/mol. The predicted molar refractivity (Wildman–Crippen MR) is 141 cm³/mol. The number of rotatable bonds is 3. The van der Waals surface area contributed by atoms with Crippen LogP contribution in [-0.4, -0.2) is 49.6 Å². The third kappa shape index (κ3) is 3.07. The summed E-state index contributed by atoms with van der Waals surface area (Å²) >= 11 is 0. The van der Waals surface area contributed by atoms with Gasteiger partial charge in [-0.1, -0.05) is 52.7 Å². The molecule has 5 nitrogen and oxygen atoms in total. The Bertz CT molecular complexity index is 922. The molecule has 4 saturated carbocycles. The number of fused-ring (bicyclic) bond motifs is 7. The minimum Gasteiger partial charge on any atom is -0.387 e. The smallest absolute Gasteiger partial charge is 0.201 e. The summed E-state index contributed by atoms with van der Waals surface area (Å²) in [7, 11) is 0. The first-order valence-electron chi connectivity index (χ1n) is 14.7. The van der Waals surface area contributed by atoms with E-state index in [0.717, 1.165) is 37.2 Å². The van der Waals surface area contributed by atoms with E-state index in [1.807, 2.05) is 19.9 Å². The molecule has 5 fully saturated rings. The van der Waals surface area contributed by atoms with Crippen LogP contribution in [0.1, 0.15) is 107 Å². The lowest BCUT2D eigenvalue weighted by atomic mass is 9.36. The molecule has 0 radical (unpaired) electrons. The van der Waals surface area contributed by atoms with E-state index in [-0.39, 0.29) is 16.7 Å². The maximum absolute atomic E-state index is 12.7. The van der Waals surface area contributed by atoms with Gasteiger partial charge in [-0.2, -0.15) is 0 Å². The van der Waals surface area contributed by atoms with Crippen molar-refractivity contribution in [3.63, 3.8) is 0 Å². The molecule has 3 unspecified atom stereocenters. The summed E-state index contributed by atoms with van der Waals surface area (Å²) < 4.78 is 6.18. The highest BCUT2D eigenvalue weighted by Gasteiger charge is 2.83. The van der Waals surface area contributed by atoms with Crippen molar-refractivity contribution in [2.45, 2.75) is 136 Å². The highest BCUT2D eigenvalue weighted by Crippen LogP contribution is 2.75. The van der Waals surface area contributed by atoms with Crippen LogP contribution in [0.3, 0.4) is 0 Å². The van der Waals surface area contributed by atoms with Gasteiger partial charge in [0.2, 0.25) is 5.79 Å². The van der Waals surface area contributed by atoms with Gasteiger partial charge in [-0.3, -0.25) is 0 Å². The van der Waals surface area contributed by atoms with Gasteiger partial charge in [0.1, 0.15) is 11.7 Å². The van der Waals surface area contributed by atoms with Crippen molar-refractivity contribution in [2.75, 3.05) is 0 Å². The minimum atomic E-state index is -1.95. The zero-order valence-electron chi connectivity index (χ0n) is 24.0. The Morgan fingerprint density at radius 2 is 1.58 bits per heavy atom. The van der Waals surface area contributed by atoms with Crippen LogP contribution < -0.4 is 0 Å². The zero-order chi connectivity index (χ0) is 26.7. The predicted octanol–water partition coefficient (Wildman–Crippen LogP) is 5.20. The number of aliphatic hydroxyl groups is 4. The van der Waals surface area contributed by atoms with Gasteiger partial charge in [-0.15, -0.1) is 0 Å². The molecule has 5 aliphatic rings. The Labute approximate surface area is 218 Å². The summed E-state index contributed by atoms with van der Waals surface area (Å²) in [6, 6.07) is 0. The van der Waals surface area contributed by atoms with Gasteiger partial charge in [0.15, 0.2) is 0 Å². The van der Waals surface area contributed by atoms with E-state index in [1.165, 1.54) is 12.8 Å². The van der Waals surface area contributed by atoms with Gasteiger partial charge >= 0.3 is 0 Å².